The van der Waals surface area contributed by atoms with Crippen molar-refractivity contribution in [2.45, 2.75) is 6.54 Å². The molecule has 0 unspecified atom stereocenters. The number of hydrogen-bond donors (Lipinski definition) is 1. The van der Waals surface area contributed by atoms with Crippen molar-refractivity contribution >= 4 is 28.4 Å². The van der Waals surface area contributed by atoms with Crippen molar-refractivity contribution in [2.24, 2.45) is 0 Å². The molecule has 5 aromatic rings. The molecule has 0 aliphatic carbocycles. The van der Waals surface area contributed by atoms with E-state index in [9.17, 15) is 9.59 Å². The molecule has 0 aliphatic heterocycles. The Balaban J connectivity index is 1.47. The molecule has 1 amide bonds. The largest absolute Gasteiger partial charge is 0.463 e. The maximum atomic E-state index is 13.2. The molecule has 0 saturated heterocycles. The molecule has 5 rings (SSSR count). The number of halogens is 1. The Morgan fingerprint density at radius 2 is 1.91 bits per heavy atom. The molecule has 3 aromatic heterocycles. The normalized spacial score (nSPS) is 11.1. The zero-order valence-corrected chi connectivity index (χ0v) is 18.3. The summed E-state index contributed by atoms with van der Waals surface area (Å²) in [6, 6.07) is 19.4. The Morgan fingerprint density at radius 1 is 1.12 bits per heavy atom. The van der Waals surface area contributed by atoms with Gasteiger partial charge in [-0.05, 0) is 48.5 Å². The SMILES string of the molecule is CN(Cc1nc2ccccc2c(=O)[nH]1)C(=O)c1cc(-c2ccco2)n(-c2ccc(Cl)cc2)n1. The van der Waals surface area contributed by atoms with Crippen LogP contribution in [0, 0.1) is 0 Å². The number of benzene rings is 2. The van der Waals surface area contributed by atoms with Crippen molar-refractivity contribution in [1.29, 1.82) is 0 Å². The molecule has 0 saturated carbocycles. The van der Waals surface area contributed by atoms with E-state index in [4.69, 9.17) is 16.0 Å². The number of nitrogens with one attached hydrogen (secondary N) is 1. The number of aromatic nitrogens is 4. The summed E-state index contributed by atoms with van der Waals surface area (Å²) in [5.74, 6) is 0.629. The van der Waals surface area contributed by atoms with Crippen LogP contribution in [-0.4, -0.2) is 37.6 Å². The van der Waals surface area contributed by atoms with Gasteiger partial charge in [0.15, 0.2) is 11.5 Å². The number of H-pyrrole nitrogens is 1. The van der Waals surface area contributed by atoms with Crippen LogP contribution >= 0.6 is 11.6 Å². The molecular weight excluding hydrogens is 442 g/mol. The second-order valence-electron chi connectivity index (χ2n) is 7.47. The fraction of sp³-hybridized carbons (Fsp3) is 0.0833. The highest BCUT2D eigenvalue weighted by Crippen LogP contribution is 2.26. The maximum absolute atomic E-state index is 13.2. The van der Waals surface area contributed by atoms with Crippen molar-refractivity contribution in [3.05, 3.63) is 99.9 Å². The lowest BCUT2D eigenvalue weighted by atomic mass is 10.2. The van der Waals surface area contributed by atoms with Gasteiger partial charge < -0.3 is 14.3 Å². The summed E-state index contributed by atoms with van der Waals surface area (Å²) < 4.78 is 7.18. The first-order valence-corrected chi connectivity index (χ1v) is 10.5. The second-order valence-corrected chi connectivity index (χ2v) is 7.91. The average Bonchev–Trinajstić information content (AvgIpc) is 3.49. The number of furan rings is 1. The fourth-order valence-electron chi connectivity index (χ4n) is 3.57. The van der Waals surface area contributed by atoms with E-state index in [1.54, 1.807) is 66.5 Å². The lowest BCUT2D eigenvalue weighted by Gasteiger charge is -2.15. The molecule has 8 nitrogen and oxygen atoms in total. The molecular formula is C24H18ClN5O3. The van der Waals surface area contributed by atoms with E-state index in [1.165, 1.54) is 4.90 Å². The summed E-state index contributed by atoms with van der Waals surface area (Å²) in [6.07, 6.45) is 1.56. The van der Waals surface area contributed by atoms with Crippen LogP contribution in [-0.2, 0) is 6.54 Å². The van der Waals surface area contributed by atoms with Gasteiger partial charge in [0.1, 0.15) is 11.5 Å². The van der Waals surface area contributed by atoms with Crippen LogP contribution in [0.2, 0.25) is 5.02 Å². The van der Waals surface area contributed by atoms with Gasteiger partial charge in [-0.15, -0.1) is 0 Å². The fourth-order valence-corrected chi connectivity index (χ4v) is 3.69. The standard InChI is InChI=1S/C24H18ClN5O3/c1-29(14-22-26-18-6-3-2-5-17(18)23(31)27-22)24(32)19-13-20(21-7-4-12-33-21)30(28-19)16-10-8-15(25)9-11-16/h2-13H,14H2,1H3,(H,26,27,31). The molecule has 0 aliphatic rings. The zero-order chi connectivity index (χ0) is 22.9. The Bertz CT molecular complexity index is 1500. The Hall–Kier alpha value is -4.17. The number of amides is 1. The average molecular weight is 460 g/mol. The highest BCUT2D eigenvalue weighted by atomic mass is 35.5. The van der Waals surface area contributed by atoms with E-state index in [2.05, 4.69) is 15.1 Å². The highest BCUT2D eigenvalue weighted by molar-refractivity contribution is 6.30. The summed E-state index contributed by atoms with van der Waals surface area (Å²) >= 11 is 6.02. The third-order valence-electron chi connectivity index (χ3n) is 5.17. The van der Waals surface area contributed by atoms with Gasteiger partial charge in [-0.1, -0.05) is 23.7 Å². The first-order valence-electron chi connectivity index (χ1n) is 10.1. The summed E-state index contributed by atoms with van der Waals surface area (Å²) in [5.41, 5.74) is 1.90. The molecule has 2 aromatic carbocycles. The Labute approximate surface area is 193 Å². The topological polar surface area (TPSA) is 97.0 Å². The van der Waals surface area contributed by atoms with Crippen LogP contribution in [0.4, 0.5) is 0 Å². The molecule has 0 bridgehead atoms. The summed E-state index contributed by atoms with van der Waals surface area (Å²) in [7, 11) is 1.63. The molecule has 164 valence electrons. The maximum Gasteiger partial charge on any atom is 0.274 e. The quantitative estimate of drug-likeness (QED) is 0.422. The number of carbonyl (C=O) groups excluding carboxylic acids is 1. The minimum atomic E-state index is -0.327. The van der Waals surface area contributed by atoms with Crippen molar-refractivity contribution in [3.63, 3.8) is 0 Å². The number of nitrogens with zero attached hydrogens (tertiary/aromatic N) is 4. The number of fused-ring (bicyclic) bond motifs is 1. The second kappa shape index (κ2) is 8.40. The molecule has 1 N–H and O–H groups in total. The van der Waals surface area contributed by atoms with Crippen LogP contribution < -0.4 is 5.56 Å². The molecule has 9 heteroatoms. The first-order chi connectivity index (χ1) is 16.0. The van der Waals surface area contributed by atoms with Gasteiger partial charge in [0.05, 0.1) is 29.4 Å². The number of rotatable bonds is 5. The monoisotopic (exact) mass is 459 g/mol. The van der Waals surface area contributed by atoms with Crippen molar-refractivity contribution in [3.8, 4) is 17.1 Å². The van der Waals surface area contributed by atoms with Crippen LogP contribution in [0.3, 0.4) is 0 Å². The lowest BCUT2D eigenvalue weighted by molar-refractivity contribution is 0.0775. The van der Waals surface area contributed by atoms with Gasteiger partial charge in [-0.3, -0.25) is 9.59 Å². The number of hydrogen-bond acceptors (Lipinski definition) is 5. The minimum Gasteiger partial charge on any atom is -0.463 e. The Morgan fingerprint density at radius 3 is 2.67 bits per heavy atom. The third-order valence-corrected chi connectivity index (χ3v) is 5.42. The van der Waals surface area contributed by atoms with Crippen LogP contribution in [0.5, 0.6) is 0 Å². The molecule has 33 heavy (non-hydrogen) atoms. The van der Waals surface area contributed by atoms with Gasteiger partial charge in [-0.25, -0.2) is 9.67 Å². The third kappa shape index (κ3) is 4.04. The van der Waals surface area contributed by atoms with Gasteiger partial charge in [-0.2, -0.15) is 5.10 Å². The van der Waals surface area contributed by atoms with E-state index in [0.29, 0.717) is 33.2 Å². The van der Waals surface area contributed by atoms with Crippen molar-refractivity contribution in [1.82, 2.24) is 24.6 Å². The summed E-state index contributed by atoms with van der Waals surface area (Å²) in [5, 5.41) is 5.62. The lowest BCUT2D eigenvalue weighted by Crippen LogP contribution is -2.28. The van der Waals surface area contributed by atoms with Crippen LogP contribution in [0.25, 0.3) is 28.0 Å². The van der Waals surface area contributed by atoms with E-state index >= 15 is 0 Å². The molecule has 0 atom stereocenters. The van der Waals surface area contributed by atoms with E-state index < -0.39 is 0 Å². The zero-order valence-electron chi connectivity index (χ0n) is 17.5. The van der Waals surface area contributed by atoms with Gasteiger partial charge in [0.25, 0.3) is 11.5 Å². The van der Waals surface area contributed by atoms with Gasteiger partial charge in [0.2, 0.25) is 0 Å². The summed E-state index contributed by atoms with van der Waals surface area (Å²) in [6.45, 7) is 0.114. The molecule has 3 heterocycles. The first kappa shape index (κ1) is 20.7. The minimum absolute atomic E-state index is 0.114. The van der Waals surface area contributed by atoms with Crippen LogP contribution in [0.1, 0.15) is 16.3 Å². The smallest absolute Gasteiger partial charge is 0.274 e. The van der Waals surface area contributed by atoms with E-state index in [1.807, 2.05) is 18.2 Å². The predicted octanol–water partition coefficient (Wildman–Crippen LogP) is 4.29. The van der Waals surface area contributed by atoms with Gasteiger partial charge >= 0.3 is 0 Å². The molecule has 0 spiro atoms. The van der Waals surface area contributed by atoms with Gasteiger partial charge in [0, 0.05) is 18.1 Å². The Kier molecular flexibility index (Phi) is 5.27. The number of aromatic amines is 1. The highest BCUT2D eigenvalue weighted by Gasteiger charge is 2.21. The van der Waals surface area contributed by atoms with Crippen molar-refractivity contribution < 1.29 is 9.21 Å². The molecule has 0 fully saturated rings. The van der Waals surface area contributed by atoms with Crippen LogP contribution in [0.15, 0.2) is 82.2 Å². The van der Waals surface area contributed by atoms with E-state index in [-0.39, 0.29) is 23.7 Å². The predicted molar refractivity (Wildman–Crippen MR) is 124 cm³/mol. The summed E-state index contributed by atoms with van der Waals surface area (Å²) in [4.78, 5) is 34.2. The van der Waals surface area contributed by atoms with E-state index in [0.717, 1.165) is 5.69 Å². The van der Waals surface area contributed by atoms with Crippen molar-refractivity contribution in [2.75, 3.05) is 7.05 Å². The molecule has 0 radical (unpaired) electrons. The number of para-hydroxylation sites is 1. The number of carbonyl (C=O) groups is 1.